The molecule has 0 N–H and O–H groups in total. The van der Waals surface area contributed by atoms with Crippen LogP contribution >= 0.6 is 12.6 Å². The predicted octanol–water partition coefficient (Wildman–Crippen LogP) is 2.22. The number of carbonyl (C=O) groups is 1. The maximum Gasteiger partial charge on any atom is 0.312 e. The zero-order valence-corrected chi connectivity index (χ0v) is 8.38. The number of hydrogen-bond acceptors (Lipinski definition) is 3. The van der Waals surface area contributed by atoms with Crippen molar-refractivity contribution in [3.8, 4) is 5.75 Å². The molecule has 0 spiro atoms. The smallest absolute Gasteiger partial charge is 0.312 e. The topological polar surface area (TPSA) is 26.3 Å². The van der Waals surface area contributed by atoms with Crippen LogP contribution in [0.2, 0.25) is 0 Å². The average Bonchev–Trinajstić information content (AvgIpc) is 2.09. The van der Waals surface area contributed by atoms with Crippen molar-refractivity contribution in [2.75, 3.05) is 5.75 Å². The van der Waals surface area contributed by atoms with Gasteiger partial charge in [0.25, 0.3) is 0 Å². The molecule has 1 aromatic carbocycles. The number of benzene rings is 1. The van der Waals surface area contributed by atoms with Crippen molar-refractivity contribution in [1.29, 1.82) is 0 Å². The predicted molar refractivity (Wildman–Crippen MR) is 55.3 cm³/mol. The number of carbonyl (C=O) groups excluding carboxylic acids is 1. The van der Waals surface area contributed by atoms with Gasteiger partial charge in [-0.25, -0.2) is 0 Å². The van der Waals surface area contributed by atoms with Gasteiger partial charge in [-0.1, -0.05) is 17.7 Å². The minimum atomic E-state index is -0.237. The van der Waals surface area contributed by atoms with E-state index in [4.69, 9.17) is 4.74 Å². The standard InChI is InChI=1S/C10H12O2S/c1-8-2-4-9(5-3-8)12-10(11)6-7-13/h2-5,13H,6-7H2,1H3. The first-order chi connectivity index (χ1) is 6.22. The van der Waals surface area contributed by atoms with Gasteiger partial charge in [0.1, 0.15) is 5.75 Å². The van der Waals surface area contributed by atoms with E-state index in [-0.39, 0.29) is 5.97 Å². The van der Waals surface area contributed by atoms with Gasteiger partial charge in [-0.3, -0.25) is 4.79 Å². The van der Waals surface area contributed by atoms with Crippen LogP contribution in [0, 0.1) is 6.92 Å². The number of thiol groups is 1. The van der Waals surface area contributed by atoms with Crippen LogP contribution in [0.25, 0.3) is 0 Å². The second-order valence-corrected chi connectivity index (χ2v) is 3.21. The molecule has 13 heavy (non-hydrogen) atoms. The molecular formula is C10H12O2S. The maximum absolute atomic E-state index is 11.0. The lowest BCUT2D eigenvalue weighted by Crippen LogP contribution is -2.07. The molecule has 1 rings (SSSR count). The molecule has 0 aliphatic rings. The Morgan fingerprint density at radius 3 is 2.54 bits per heavy atom. The third-order valence-corrected chi connectivity index (χ3v) is 1.79. The van der Waals surface area contributed by atoms with E-state index < -0.39 is 0 Å². The number of aryl methyl sites for hydroxylation is 1. The van der Waals surface area contributed by atoms with Crippen LogP contribution in [0.4, 0.5) is 0 Å². The van der Waals surface area contributed by atoms with E-state index in [9.17, 15) is 4.79 Å². The summed E-state index contributed by atoms with van der Waals surface area (Å²) in [6.07, 6.45) is 0.344. The fourth-order valence-corrected chi connectivity index (χ4v) is 1.06. The number of rotatable bonds is 3. The van der Waals surface area contributed by atoms with E-state index in [0.717, 1.165) is 5.56 Å². The van der Waals surface area contributed by atoms with Crippen LogP contribution in [0.5, 0.6) is 5.75 Å². The van der Waals surface area contributed by atoms with Gasteiger partial charge in [0.2, 0.25) is 0 Å². The van der Waals surface area contributed by atoms with Gasteiger partial charge in [-0.15, -0.1) is 0 Å². The van der Waals surface area contributed by atoms with Gasteiger partial charge < -0.3 is 4.74 Å². The zero-order chi connectivity index (χ0) is 9.68. The molecule has 0 atom stereocenters. The molecule has 1 aromatic rings. The first-order valence-corrected chi connectivity index (χ1v) is 4.74. The van der Waals surface area contributed by atoms with Gasteiger partial charge in [-0.05, 0) is 19.1 Å². The van der Waals surface area contributed by atoms with Crippen molar-refractivity contribution in [2.24, 2.45) is 0 Å². The van der Waals surface area contributed by atoms with E-state index in [1.807, 2.05) is 19.1 Å². The first kappa shape index (κ1) is 10.1. The highest BCUT2D eigenvalue weighted by Crippen LogP contribution is 2.11. The second-order valence-electron chi connectivity index (χ2n) is 2.76. The Hall–Kier alpha value is -0.960. The molecule has 3 heteroatoms. The van der Waals surface area contributed by atoms with Gasteiger partial charge in [0, 0.05) is 5.75 Å². The Kier molecular flexibility index (Phi) is 3.83. The van der Waals surface area contributed by atoms with Gasteiger partial charge in [0.15, 0.2) is 0 Å². The molecule has 0 aliphatic carbocycles. The Bertz CT molecular complexity index is 279. The van der Waals surface area contributed by atoms with E-state index in [2.05, 4.69) is 12.6 Å². The fourth-order valence-electron chi connectivity index (χ4n) is 0.880. The molecule has 0 bridgehead atoms. The molecule has 0 aliphatic heterocycles. The monoisotopic (exact) mass is 196 g/mol. The molecule has 0 amide bonds. The molecule has 0 saturated heterocycles. The Morgan fingerprint density at radius 2 is 2.00 bits per heavy atom. The van der Waals surface area contributed by atoms with Gasteiger partial charge >= 0.3 is 5.97 Å². The summed E-state index contributed by atoms with van der Waals surface area (Å²) in [5.74, 6) is 0.876. The second kappa shape index (κ2) is 4.92. The van der Waals surface area contributed by atoms with Crippen LogP contribution in [-0.4, -0.2) is 11.7 Å². The van der Waals surface area contributed by atoms with Crippen LogP contribution in [0.15, 0.2) is 24.3 Å². The summed E-state index contributed by atoms with van der Waals surface area (Å²) in [5.41, 5.74) is 1.15. The molecule has 2 nitrogen and oxygen atoms in total. The average molecular weight is 196 g/mol. The largest absolute Gasteiger partial charge is 0.427 e. The van der Waals surface area contributed by atoms with Crippen molar-refractivity contribution in [1.82, 2.24) is 0 Å². The summed E-state index contributed by atoms with van der Waals surface area (Å²) in [7, 11) is 0. The van der Waals surface area contributed by atoms with Crippen molar-refractivity contribution >= 4 is 18.6 Å². The third-order valence-electron chi connectivity index (χ3n) is 1.57. The summed E-state index contributed by atoms with van der Waals surface area (Å²) in [5, 5.41) is 0. The normalized spacial score (nSPS) is 9.69. The molecule has 0 aromatic heterocycles. The highest BCUT2D eigenvalue weighted by molar-refractivity contribution is 7.80. The highest BCUT2D eigenvalue weighted by Gasteiger charge is 2.01. The molecular weight excluding hydrogens is 184 g/mol. The van der Waals surface area contributed by atoms with Crippen molar-refractivity contribution in [3.05, 3.63) is 29.8 Å². The SMILES string of the molecule is Cc1ccc(OC(=O)CCS)cc1. The van der Waals surface area contributed by atoms with Gasteiger partial charge in [-0.2, -0.15) is 12.6 Å². The Morgan fingerprint density at radius 1 is 1.38 bits per heavy atom. The van der Waals surface area contributed by atoms with Crippen molar-refractivity contribution < 1.29 is 9.53 Å². The van der Waals surface area contributed by atoms with Crippen LogP contribution in [0.1, 0.15) is 12.0 Å². The Balaban J connectivity index is 2.54. The van der Waals surface area contributed by atoms with E-state index in [1.54, 1.807) is 12.1 Å². The summed E-state index contributed by atoms with van der Waals surface area (Å²) < 4.78 is 5.02. The molecule has 70 valence electrons. The minimum Gasteiger partial charge on any atom is -0.427 e. The van der Waals surface area contributed by atoms with Crippen LogP contribution in [-0.2, 0) is 4.79 Å². The van der Waals surface area contributed by atoms with Crippen molar-refractivity contribution in [3.63, 3.8) is 0 Å². The van der Waals surface area contributed by atoms with E-state index in [1.165, 1.54) is 0 Å². The quantitative estimate of drug-likeness (QED) is 0.456. The molecule has 0 radical (unpaired) electrons. The Labute approximate surface area is 83.3 Å². The molecule has 0 unspecified atom stereocenters. The fraction of sp³-hybridized carbons (Fsp3) is 0.300. The van der Waals surface area contributed by atoms with Gasteiger partial charge in [0.05, 0.1) is 6.42 Å². The molecule has 0 saturated carbocycles. The maximum atomic E-state index is 11.0. The lowest BCUT2D eigenvalue weighted by Gasteiger charge is -2.02. The molecule has 0 heterocycles. The summed E-state index contributed by atoms with van der Waals surface area (Å²) >= 11 is 3.94. The third kappa shape index (κ3) is 3.51. The lowest BCUT2D eigenvalue weighted by atomic mass is 10.2. The summed E-state index contributed by atoms with van der Waals surface area (Å²) in [6.45, 7) is 1.99. The number of esters is 1. The minimum absolute atomic E-state index is 0.237. The highest BCUT2D eigenvalue weighted by atomic mass is 32.1. The summed E-state index contributed by atoms with van der Waals surface area (Å²) in [6, 6.07) is 7.38. The van der Waals surface area contributed by atoms with E-state index >= 15 is 0 Å². The van der Waals surface area contributed by atoms with Crippen LogP contribution < -0.4 is 4.74 Å². The molecule has 0 fully saturated rings. The zero-order valence-electron chi connectivity index (χ0n) is 7.49. The lowest BCUT2D eigenvalue weighted by molar-refractivity contribution is -0.133. The first-order valence-electron chi connectivity index (χ1n) is 4.10. The number of hydrogen-bond donors (Lipinski definition) is 1. The van der Waals surface area contributed by atoms with Crippen LogP contribution in [0.3, 0.4) is 0 Å². The van der Waals surface area contributed by atoms with Crippen molar-refractivity contribution in [2.45, 2.75) is 13.3 Å². The summed E-state index contributed by atoms with van der Waals surface area (Å²) in [4.78, 5) is 11.0. The number of ether oxygens (including phenoxy) is 1. The van der Waals surface area contributed by atoms with E-state index in [0.29, 0.717) is 17.9 Å².